The van der Waals surface area contributed by atoms with Gasteiger partial charge in [0.1, 0.15) is 5.82 Å². The van der Waals surface area contributed by atoms with Crippen LogP contribution in [0.3, 0.4) is 0 Å². The topological polar surface area (TPSA) is 75.2 Å². The maximum absolute atomic E-state index is 14.2. The predicted octanol–water partition coefficient (Wildman–Crippen LogP) is 5.85. The number of hydrogen-bond donors (Lipinski definition) is 1. The van der Waals surface area contributed by atoms with Crippen molar-refractivity contribution in [2.75, 3.05) is 10.2 Å². The third-order valence-corrected chi connectivity index (χ3v) is 6.34. The van der Waals surface area contributed by atoms with Gasteiger partial charge in [-0.05, 0) is 49.2 Å². The SMILES string of the molecule is CC(=O)N(c1nc(/C=C/C(=O)Nc2nc3c(C)cc(C)cc3s2)cs1)c1ccccc1F. The van der Waals surface area contributed by atoms with Crippen LogP contribution in [0.25, 0.3) is 16.3 Å². The van der Waals surface area contributed by atoms with E-state index in [-0.39, 0.29) is 17.5 Å². The Balaban J connectivity index is 1.50. The molecule has 0 aliphatic carbocycles. The first-order valence-corrected chi connectivity index (χ1v) is 11.4. The molecule has 6 nitrogen and oxygen atoms in total. The summed E-state index contributed by atoms with van der Waals surface area (Å²) in [6.45, 7) is 5.36. The monoisotopic (exact) mass is 466 g/mol. The molecule has 2 amide bonds. The zero-order chi connectivity index (χ0) is 22.8. The minimum absolute atomic E-state index is 0.129. The van der Waals surface area contributed by atoms with Crippen LogP contribution in [-0.4, -0.2) is 21.8 Å². The van der Waals surface area contributed by atoms with E-state index in [0.29, 0.717) is 16.0 Å². The average Bonchev–Trinajstić information content (AvgIpc) is 3.35. The van der Waals surface area contributed by atoms with E-state index in [1.807, 2.05) is 19.9 Å². The van der Waals surface area contributed by atoms with Crippen LogP contribution in [0.15, 0.2) is 47.9 Å². The van der Waals surface area contributed by atoms with E-state index in [2.05, 4.69) is 21.4 Å². The molecule has 2 aromatic carbocycles. The van der Waals surface area contributed by atoms with Crippen molar-refractivity contribution in [1.82, 2.24) is 9.97 Å². The van der Waals surface area contributed by atoms with Crippen molar-refractivity contribution in [3.8, 4) is 0 Å². The summed E-state index contributed by atoms with van der Waals surface area (Å²) in [5, 5.41) is 5.30. The number of rotatable bonds is 5. The van der Waals surface area contributed by atoms with Crippen LogP contribution in [-0.2, 0) is 9.59 Å². The Kier molecular flexibility index (Phi) is 6.11. The Morgan fingerprint density at radius 2 is 1.94 bits per heavy atom. The minimum atomic E-state index is -0.518. The van der Waals surface area contributed by atoms with Gasteiger partial charge in [-0.15, -0.1) is 11.3 Å². The van der Waals surface area contributed by atoms with Crippen LogP contribution in [0.2, 0.25) is 0 Å². The van der Waals surface area contributed by atoms with Crippen LogP contribution in [0.1, 0.15) is 23.7 Å². The van der Waals surface area contributed by atoms with Gasteiger partial charge in [0.25, 0.3) is 0 Å². The van der Waals surface area contributed by atoms with Gasteiger partial charge in [-0.2, -0.15) is 0 Å². The number of para-hydroxylation sites is 1. The second kappa shape index (κ2) is 8.97. The van der Waals surface area contributed by atoms with Crippen molar-refractivity contribution in [3.63, 3.8) is 0 Å². The van der Waals surface area contributed by atoms with E-state index in [4.69, 9.17) is 0 Å². The maximum Gasteiger partial charge on any atom is 0.250 e. The van der Waals surface area contributed by atoms with E-state index in [1.165, 1.54) is 58.8 Å². The number of thiazole rings is 2. The summed E-state index contributed by atoms with van der Waals surface area (Å²) >= 11 is 2.60. The molecule has 0 radical (unpaired) electrons. The summed E-state index contributed by atoms with van der Waals surface area (Å²) in [6, 6.07) is 10.1. The number of benzene rings is 2. The molecule has 162 valence electrons. The lowest BCUT2D eigenvalue weighted by atomic mass is 10.1. The first-order valence-electron chi connectivity index (χ1n) is 9.69. The summed E-state index contributed by atoms with van der Waals surface area (Å²) in [4.78, 5) is 34.6. The number of anilines is 3. The van der Waals surface area contributed by atoms with Crippen molar-refractivity contribution < 1.29 is 14.0 Å². The Hall–Kier alpha value is -3.43. The van der Waals surface area contributed by atoms with E-state index < -0.39 is 5.82 Å². The van der Waals surface area contributed by atoms with Crippen molar-refractivity contribution in [2.45, 2.75) is 20.8 Å². The van der Waals surface area contributed by atoms with Crippen molar-refractivity contribution in [3.05, 3.63) is 70.5 Å². The van der Waals surface area contributed by atoms with E-state index >= 15 is 0 Å². The van der Waals surface area contributed by atoms with Gasteiger partial charge < -0.3 is 0 Å². The van der Waals surface area contributed by atoms with E-state index in [1.54, 1.807) is 17.5 Å². The highest BCUT2D eigenvalue weighted by atomic mass is 32.1. The lowest BCUT2D eigenvalue weighted by Crippen LogP contribution is -2.23. The highest BCUT2D eigenvalue weighted by molar-refractivity contribution is 7.22. The molecule has 0 saturated heterocycles. The molecule has 0 unspecified atom stereocenters. The number of aromatic nitrogens is 2. The smallest absolute Gasteiger partial charge is 0.250 e. The number of fused-ring (bicyclic) bond motifs is 1. The zero-order valence-corrected chi connectivity index (χ0v) is 19.2. The van der Waals surface area contributed by atoms with E-state index in [0.717, 1.165) is 21.3 Å². The van der Waals surface area contributed by atoms with Crippen molar-refractivity contribution in [1.29, 1.82) is 0 Å². The quantitative estimate of drug-likeness (QED) is 0.375. The maximum atomic E-state index is 14.2. The number of nitrogens with one attached hydrogen (secondary N) is 1. The number of amides is 2. The molecule has 2 aromatic heterocycles. The van der Waals surface area contributed by atoms with Gasteiger partial charge in [-0.3, -0.25) is 19.8 Å². The third kappa shape index (κ3) is 4.58. The molecule has 32 heavy (non-hydrogen) atoms. The van der Waals surface area contributed by atoms with Crippen LogP contribution in [0, 0.1) is 19.7 Å². The third-order valence-electron chi connectivity index (χ3n) is 4.57. The summed E-state index contributed by atoms with van der Waals surface area (Å²) in [7, 11) is 0. The minimum Gasteiger partial charge on any atom is -0.298 e. The molecule has 0 fully saturated rings. The van der Waals surface area contributed by atoms with Gasteiger partial charge in [0.05, 0.1) is 21.6 Å². The molecule has 0 saturated carbocycles. The Morgan fingerprint density at radius 1 is 1.16 bits per heavy atom. The second-order valence-electron chi connectivity index (χ2n) is 7.13. The summed E-state index contributed by atoms with van der Waals surface area (Å²) < 4.78 is 15.2. The molecule has 1 N–H and O–H groups in total. The van der Waals surface area contributed by atoms with Crippen LogP contribution >= 0.6 is 22.7 Å². The number of carbonyl (C=O) groups is 2. The summed E-state index contributed by atoms with van der Waals surface area (Å²) in [5.41, 5.74) is 3.70. The van der Waals surface area contributed by atoms with Crippen molar-refractivity contribution in [2.24, 2.45) is 0 Å². The largest absolute Gasteiger partial charge is 0.298 e. The normalized spacial score (nSPS) is 11.2. The number of hydrogen-bond acceptors (Lipinski definition) is 6. The molecule has 4 aromatic rings. The number of halogens is 1. The molecule has 4 rings (SSSR count). The number of nitrogens with zero attached hydrogens (tertiary/aromatic N) is 3. The molecule has 9 heteroatoms. The zero-order valence-electron chi connectivity index (χ0n) is 17.5. The van der Waals surface area contributed by atoms with Crippen LogP contribution in [0.4, 0.5) is 20.3 Å². The van der Waals surface area contributed by atoms with Gasteiger partial charge in [-0.1, -0.05) is 29.5 Å². The molecule has 0 aliphatic rings. The molecular formula is C23H19FN4O2S2. The second-order valence-corrected chi connectivity index (χ2v) is 9.00. The first-order chi connectivity index (χ1) is 15.3. The fourth-order valence-electron chi connectivity index (χ4n) is 3.23. The number of carbonyl (C=O) groups excluding carboxylic acids is 2. The molecule has 0 aliphatic heterocycles. The van der Waals surface area contributed by atoms with Gasteiger partial charge in [0, 0.05) is 18.4 Å². The molecule has 0 atom stereocenters. The van der Waals surface area contributed by atoms with E-state index in [9.17, 15) is 14.0 Å². The summed E-state index contributed by atoms with van der Waals surface area (Å²) in [6.07, 6.45) is 2.89. The van der Waals surface area contributed by atoms with Gasteiger partial charge in [0.2, 0.25) is 11.8 Å². The van der Waals surface area contributed by atoms with Crippen LogP contribution in [0.5, 0.6) is 0 Å². The molecule has 2 heterocycles. The van der Waals surface area contributed by atoms with Crippen LogP contribution < -0.4 is 10.2 Å². The first kappa shape index (κ1) is 21.8. The van der Waals surface area contributed by atoms with Gasteiger partial charge >= 0.3 is 0 Å². The highest BCUT2D eigenvalue weighted by Gasteiger charge is 2.20. The Morgan fingerprint density at radius 3 is 2.69 bits per heavy atom. The fraction of sp³-hybridized carbons (Fsp3) is 0.130. The molecular weight excluding hydrogens is 447 g/mol. The van der Waals surface area contributed by atoms with Gasteiger partial charge in [0.15, 0.2) is 10.3 Å². The predicted molar refractivity (Wildman–Crippen MR) is 128 cm³/mol. The molecule has 0 bridgehead atoms. The Labute approximate surface area is 192 Å². The lowest BCUT2D eigenvalue weighted by molar-refractivity contribution is -0.116. The lowest BCUT2D eigenvalue weighted by Gasteiger charge is -2.18. The summed E-state index contributed by atoms with van der Waals surface area (Å²) in [5.74, 6) is -1.22. The standard InChI is InChI=1S/C23H19FN4O2S2/c1-13-10-14(2)21-19(11-13)32-22(27-21)26-20(30)9-8-16-12-31-23(25-16)28(15(3)29)18-7-5-4-6-17(18)24/h4-12H,1-3H3,(H,26,27,30)/b9-8+. The van der Waals surface area contributed by atoms with Crippen molar-refractivity contribution >= 4 is 66.7 Å². The Bertz CT molecular complexity index is 1360. The number of aryl methyl sites for hydroxylation is 2. The average molecular weight is 467 g/mol. The fourth-order valence-corrected chi connectivity index (χ4v) is 5.12. The van der Waals surface area contributed by atoms with Gasteiger partial charge in [-0.25, -0.2) is 14.4 Å². The highest BCUT2D eigenvalue weighted by Crippen LogP contribution is 2.31. The molecule has 0 spiro atoms.